The highest BCUT2D eigenvalue weighted by atomic mass is 16.5. The van der Waals surface area contributed by atoms with Crippen LogP contribution in [0.25, 0.3) is 6.08 Å². The molecule has 90 valence electrons. The molecule has 1 aromatic rings. The largest absolute Gasteiger partial charge is 0.376 e. The van der Waals surface area contributed by atoms with Crippen molar-refractivity contribution in [2.75, 3.05) is 13.2 Å². The van der Waals surface area contributed by atoms with Crippen LogP contribution in [-0.4, -0.2) is 24.2 Å². The molecule has 17 heavy (non-hydrogen) atoms. The predicted molar refractivity (Wildman–Crippen MR) is 68.1 cm³/mol. The van der Waals surface area contributed by atoms with Crippen LogP contribution < -0.4 is 5.73 Å². The lowest BCUT2D eigenvalue weighted by atomic mass is 10.0. The summed E-state index contributed by atoms with van der Waals surface area (Å²) in [7, 11) is 0. The number of hydrogen-bond donors (Lipinski definition) is 1. The highest BCUT2D eigenvalue weighted by Gasteiger charge is 2.24. The Hall–Kier alpha value is -1.32. The van der Waals surface area contributed by atoms with Gasteiger partial charge in [0.1, 0.15) is 6.17 Å². The number of ether oxygens (including phenoxy) is 1. The Balaban J connectivity index is 1.76. The monoisotopic (exact) mass is 230 g/mol. The van der Waals surface area contributed by atoms with Gasteiger partial charge in [0.05, 0.1) is 6.10 Å². The molecule has 1 aromatic carbocycles. The van der Waals surface area contributed by atoms with E-state index in [1.54, 1.807) is 0 Å². The van der Waals surface area contributed by atoms with Gasteiger partial charge in [-0.05, 0) is 30.0 Å². The SMILES string of the molecule is NC1c2ccccc2C=CN1CC1CCCO1. The summed E-state index contributed by atoms with van der Waals surface area (Å²) in [6, 6.07) is 8.30. The molecule has 2 unspecified atom stereocenters. The summed E-state index contributed by atoms with van der Waals surface area (Å²) < 4.78 is 5.66. The van der Waals surface area contributed by atoms with Crippen molar-refractivity contribution in [1.82, 2.24) is 4.90 Å². The van der Waals surface area contributed by atoms with E-state index in [1.165, 1.54) is 17.5 Å². The second-order valence-corrected chi connectivity index (χ2v) is 4.72. The fraction of sp³-hybridized carbons (Fsp3) is 0.429. The Morgan fingerprint density at radius 3 is 3.06 bits per heavy atom. The third kappa shape index (κ3) is 2.08. The normalized spacial score (nSPS) is 27.2. The molecule has 2 atom stereocenters. The summed E-state index contributed by atoms with van der Waals surface area (Å²) in [5.41, 5.74) is 8.72. The summed E-state index contributed by atoms with van der Waals surface area (Å²) in [6.45, 7) is 1.79. The number of rotatable bonds is 2. The maximum atomic E-state index is 6.29. The minimum absolute atomic E-state index is 0.0413. The first-order valence-corrected chi connectivity index (χ1v) is 6.24. The number of nitrogens with two attached hydrogens (primary N) is 1. The highest BCUT2D eigenvalue weighted by Crippen LogP contribution is 2.27. The molecule has 1 saturated heterocycles. The van der Waals surface area contributed by atoms with Gasteiger partial charge >= 0.3 is 0 Å². The van der Waals surface area contributed by atoms with E-state index < -0.39 is 0 Å². The first-order chi connectivity index (χ1) is 8.34. The lowest BCUT2D eigenvalue weighted by Gasteiger charge is -2.33. The van der Waals surface area contributed by atoms with E-state index in [9.17, 15) is 0 Å². The minimum Gasteiger partial charge on any atom is -0.376 e. The molecule has 0 aliphatic carbocycles. The topological polar surface area (TPSA) is 38.5 Å². The fourth-order valence-electron chi connectivity index (χ4n) is 2.58. The van der Waals surface area contributed by atoms with Crippen LogP contribution in [0.5, 0.6) is 0 Å². The molecule has 2 N–H and O–H groups in total. The van der Waals surface area contributed by atoms with Gasteiger partial charge < -0.3 is 15.4 Å². The summed E-state index contributed by atoms with van der Waals surface area (Å²) in [6.07, 6.45) is 6.85. The van der Waals surface area contributed by atoms with Crippen LogP contribution in [0.1, 0.15) is 30.1 Å². The first-order valence-electron chi connectivity index (χ1n) is 6.24. The number of nitrogens with zero attached hydrogens (tertiary/aromatic N) is 1. The second kappa shape index (κ2) is 4.51. The average Bonchev–Trinajstić information content (AvgIpc) is 2.86. The molecule has 1 fully saturated rings. The third-order valence-corrected chi connectivity index (χ3v) is 3.56. The van der Waals surface area contributed by atoms with E-state index in [0.717, 1.165) is 19.6 Å². The number of fused-ring (bicyclic) bond motifs is 1. The van der Waals surface area contributed by atoms with Gasteiger partial charge in [-0.15, -0.1) is 0 Å². The molecular weight excluding hydrogens is 212 g/mol. The lowest BCUT2D eigenvalue weighted by molar-refractivity contribution is 0.0758. The van der Waals surface area contributed by atoms with Crippen molar-refractivity contribution in [3.05, 3.63) is 41.6 Å². The van der Waals surface area contributed by atoms with Gasteiger partial charge in [-0.3, -0.25) is 0 Å². The van der Waals surface area contributed by atoms with Crippen LogP contribution in [0.15, 0.2) is 30.5 Å². The molecule has 2 aliphatic heterocycles. The molecule has 0 aromatic heterocycles. The van der Waals surface area contributed by atoms with Gasteiger partial charge in [0.15, 0.2) is 0 Å². The van der Waals surface area contributed by atoms with Crippen molar-refractivity contribution in [2.24, 2.45) is 5.73 Å². The standard InChI is InChI=1S/C14H18N2O/c15-14-13-6-2-1-4-11(13)7-8-16(14)10-12-5-3-9-17-12/h1-2,4,6-8,12,14H,3,5,9-10,15H2. The summed E-state index contributed by atoms with van der Waals surface area (Å²) in [5, 5.41) is 0. The van der Waals surface area contributed by atoms with Crippen LogP contribution in [0.2, 0.25) is 0 Å². The molecule has 2 aliphatic rings. The third-order valence-electron chi connectivity index (χ3n) is 3.56. The molecule has 2 heterocycles. The Labute approximate surface area is 102 Å². The van der Waals surface area contributed by atoms with Crippen molar-refractivity contribution in [3.8, 4) is 0 Å². The number of benzene rings is 1. The molecule has 0 amide bonds. The molecule has 3 rings (SSSR count). The van der Waals surface area contributed by atoms with Crippen molar-refractivity contribution in [1.29, 1.82) is 0 Å². The van der Waals surface area contributed by atoms with E-state index in [-0.39, 0.29) is 6.17 Å². The zero-order valence-electron chi connectivity index (χ0n) is 9.88. The molecule has 3 nitrogen and oxygen atoms in total. The number of hydrogen-bond acceptors (Lipinski definition) is 3. The first kappa shape index (κ1) is 10.8. The van der Waals surface area contributed by atoms with Gasteiger partial charge in [0, 0.05) is 19.4 Å². The summed E-state index contributed by atoms with van der Waals surface area (Å²) in [5.74, 6) is 0. The van der Waals surface area contributed by atoms with E-state index in [2.05, 4.69) is 29.3 Å². The molecule has 0 radical (unpaired) electrons. The van der Waals surface area contributed by atoms with Gasteiger partial charge in [0.25, 0.3) is 0 Å². The fourth-order valence-corrected chi connectivity index (χ4v) is 2.58. The highest BCUT2D eigenvalue weighted by molar-refractivity contribution is 5.56. The van der Waals surface area contributed by atoms with E-state index in [1.807, 2.05) is 12.1 Å². The van der Waals surface area contributed by atoms with Crippen molar-refractivity contribution >= 4 is 6.08 Å². The van der Waals surface area contributed by atoms with Gasteiger partial charge in [0.2, 0.25) is 0 Å². The molecule has 0 saturated carbocycles. The van der Waals surface area contributed by atoms with E-state index >= 15 is 0 Å². The molecule has 0 bridgehead atoms. The predicted octanol–water partition coefficient (Wildman–Crippen LogP) is 2.11. The van der Waals surface area contributed by atoms with Crippen molar-refractivity contribution < 1.29 is 4.74 Å². The Kier molecular flexibility index (Phi) is 2.87. The second-order valence-electron chi connectivity index (χ2n) is 4.72. The zero-order valence-corrected chi connectivity index (χ0v) is 9.88. The van der Waals surface area contributed by atoms with Crippen LogP contribution in [0.3, 0.4) is 0 Å². The van der Waals surface area contributed by atoms with E-state index in [4.69, 9.17) is 10.5 Å². The molecule has 3 heteroatoms. The van der Waals surface area contributed by atoms with Gasteiger partial charge in [-0.2, -0.15) is 0 Å². The lowest BCUT2D eigenvalue weighted by Crippen LogP contribution is -2.37. The quantitative estimate of drug-likeness (QED) is 0.845. The Morgan fingerprint density at radius 1 is 1.35 bits per heavy atom. The smallest absolute Gasteiger partial charge is 0.103 e. The van der Waals surface area contributed by atoms with Crippen LogP contribution in [0, 0.1) is 0 Å². The van der Waals surface area contributed by atoms with Crippen molar-refractivity contribution in [2.45, 2.75) is 25.1 Å². The van der Waals surface area contributed by atoms with Crippen LogP contribution in [0.4, 0.5) is 0 Å². The summed E-state index contributed by atoms with van der Waals surface area (Å²) in [4.78, 5) is 2.18. The molecule has 0 spiro atoms. The summed E-state index contributed by atoms with van der Waals surface area (Å²) >= 11 is 0. The zero-order chi connectivity index (χ0) is 11.7. The van der Waals surface area contributed by atoms with Gasteiger partial charge in [-0.1, -0.05) is 24.3 Å². The van der Waals surface area contributed by atoms with Crippen molar-refractivity contribution in [3.63, 3.8) is 0 Å². The Bertz CT molecular complexity index is 424. The van der Waals surface area contributed by atoms with E-state index in [0.29, 0.717) is 6.10 Å². The van der Waals surface area contributed by atoms with Crippen LogP contribution in [-0.2, 0) is 4.74 Å². The average molecular weight is 230 g/mol. The minimum atomic E-state index is -0.0413. The Morgan fingerprint density at radius 2 is 2.24 bits per heavy atom. The van der Waals surface area contributed by atoms with Crippen LogP contribution >= 0.6 is 0 Å². The molecular formula is C14H18N2O. The maximum absolute atomic E-state index is 6.29. The van der Waals surface area contributed by atoms with Gasteiger partial charge in [-0.25, -0.2) is 0 Å². The maximum Gasteiger partial charge on any atom is 0.103 e.